The molecular formula is C25H28N4O5S. The zero-order chi connectivity index (χ0) is 24.5. The molecule has 1 heterocycles. The lowest BCUT2D eigenvalue weighted by Gasteiger charge is -2.22. The molecule has 184 valence electrons. The minimum absolute atomic E-state index is 0. The minimum atomic E-state index is -4.14. The summed E-state index contributed by atoms with van der Waals surface area (Å²) in [6.07, 6.45) is 0. The van der Waals surface area contributed by atoms with Gasteiger partial charge in [0.1, 0.15) is 17.2 Å². The summed E-state index contributed by atoms with van der Waals surface area (Å²) in [6.45, 7) is 2.02. The van der Waals surface area contributed by atoms with Gasteiger partial charge in [-0.25, -0.2) is 8.42 Å². The standard InChI is InChI=1S/C24H24N4O5S.CH4/c1-15-10-11-16(12-21(15)34(32,33)28-24(2,31)14-29)22-19-8-3-4-9-20(19)23(27-26-22)25-17-6-5-7-18(30)13-17;/h3-13,28-31H,14H2,1-2H3,(H,25,27);1H4. The number of aromatic hydroxyl groups is 1. The van der Waals surface area contributed by atoms with Gasteiger partial charge in [-0.05, 0) is 37.6 Å². The highest BCUT2D eigenvalue weighted by Gasteiger charge is 2.29. The first-order chi connectivity index (χ1) is 16.1. The predicted molar refractivity (Wildman–Crippen MR) is 136 cm³/mol. The van der Waals surface area contributed by atoms with Crippen molar-refractivity contribution < 1.29 is 23.7 Å². The van der Waals surface area contributed by atoms with Crippen molar-refractivity contribution in [2.45, 2.75) is 31.9 Å². The van der Waals surface area contributed by atoms with E-state index < -0.39 is 22.4 Å². The fourth-order valence-electron chi connectivity index (χ4n) is 3.54. The van der Waals surface area contributed by atoms with E-state index in [0.29, 0.717) is 28.3 Å². The number of rotatable bonds is 7. The highest BCUT2D eigenvalue weighted by molar-refractivity contribution is 7.89. The molecule has 4 rings (SSSR count). The molecule has 0 aliphatic heterocycles. The molecule has 3 aromatic carbocycles. The summed E-state index contributed by atoms with van der Waals surface area (Å²) in [5, 5.41) is 42.3. The monoisotopic (exact) mass is 496 g/mol. The molecule has 0 aliphatic carbocycles. The van der Waals surface area contributed by atoms with Gasteiger partial charge in [-0.15, -0.1) is 10.2 Å². The van der Waals surface area contributed by atoms with Gasteiger partial charge in [-0.2, -0.15) is 4.72 Å². The van der Waals surface area contributed by atoms with Crippen LogP contribution in [0.1, 0.15) is 19.9 Å². The summed E-state index contributed by atoms with van der Waals surface area (Å²) in [5.74, 6) is 0.589. The lowest BCUT2D eigenvalue weighted by Crippen LogP contribution is -2.48. The number of aromatic nitrogens is 2. The van der Waals surface area contributed by atoms with E-state index in [0.717, 1.165) is 10.8 Å². The first kappa shape index (κ1) is 26.0. The Kier molecular flexibility index (Phi) is 7.41. The van der Waals surface area contributed by atoms with Crippen LogP contribution in [-0.2, 0) is 10.0 Å². The van der Waals surface area contributed by atoms with Crippen LogP contribution in [0, 0.1) is 6.92 Å². The van der Waals surface area contributed by atoms with Crippen LogP contribution in [0.4, 0.5) is 11.5 Å². The molecule has 9 nitrogen and oxygen atoms in total. The van der Waals surface area contributed by atoms with Crippen molar-refractivity contribution in [2.75, 3.05) is 11.9 Å². The number of nitrogens with one attached hydrogen (secondary N) is 2. The van der Waals surface area contributed by atoms with Crippen LogP contribution in [0.15, 0.2) is 71.6 Å². The quantitative estimate of drug-likeness (QED) is 0.244. The smallest absolute Gasteiger partial charge is 0.243 e. The van der Waals surface area contributed by atoms with E-state index in [-0.39, 0.29) is 18.1 Å². The predicted octanol–water partition coefficient (Wildman–Crippen LogP) is 3.67. The fourth-order valence-corrected chi connectivity index (χ4v) is 5.07. The topological polar surface area (TPSA) is 145 Å². The Bertz CT molecular complexity index is 1470. The second kappa shape index (κ2) is 9.96. The van der Waals surface area contributed by atoms with Crippen molar-refractivity contribution in [3.05, 3.63) is 72.3 Å². The number of benzene rings is 3. The van der Waals surface area contributed by atoms with Crippen LogP contribution in [0.25, 0.3) is 22.0 Å². The third kappa shape index (κ3) is 5.57. The van der Waals surface area contributed by atoms with Crippen LogP contribution in [0.2, 0.25) is 0 Å². The van der Waals surface area contributed by atoms with Crippen LogP contribution in [0.5, 0.6) is 5.75 Å². The first-order valence-corrected chi connectivity index (χ1v) is 11.9. The fraction of sp³-hybridized carbons (Fsp3) is 0.200. The number of hydrogen-bond donors (Lipinski definition) is 5. The summed E-state index contributed by atoms with van der Waals surface area (Å²) in [4.78, 5) is -0.0495. The van der Waals surface area contributed by atoms with Crippen molar-refractivity contribution in [3.8, 4) is 17.0 Å². The van der Waals surface area contributed by atoms with Gasteiger partial charge in [0.05, 0.1) is 11.5 Å². The maximum Gasteiger partial charge on any atom is 0.243 e. The number of phenolic OH excluding ortho intramolecular Hbond substituents is 1. The second-order valence-electron chi connectivity index (χ2n) is 8.14. The van der Waals surface area contributed by atoms with Gasteiger partial charge in [0.25, 0.3) is 0 Å². The van der Waals surface area contributed by atoms with Gasteiger partial charge in [-0.3, -0.25) is 0 Å². The second-order valence-corrected chi connectivity index (χ2v) is 9.79. The number of aliphatic hydroxyl groups excluding tert-OH is 1. The zero-order valence-corrected chi connectivity index (χ0v) is 19.3. The molecule has 0 bridgehead atoms. The molecule has 1 atom stereocenters. The lowest BCUT2D eigenvalue weighted by atomic mass is 10.0. The molecule has 1 aromatic heterocycles. The molecule has 0 spiro atoms. The highest BCUT2D eigenvalue weighted by atomic mass is 32.2. The molecule has 35 heavy (non-hydrogen) atoms. The molecular weight excluding hydrogens is 468 g/mol. The maximum atomic E-state index is 12.9. The van der Waals surface area contributed by atoms with Crippen molar-refractivity contribution in [1.29, 1.82) is 0 Å². The molecule has 0 saturated heterocycles. The van der Waals surface area contributed by atoms with Gasteiger partial charge in [0.15, 0.2) is 5.82 Å². The number of aliphatic hydroxyl groups is 2. The first-order valence-electron chi connectivity index (χ1n) is 10.4. The summed E-state index contributed by atoms with van der Waals surface area (Å²) < 4.78 is 27.9. The van der Waals surface area contributed by atoms with Gasteiger partial charge in [0, 0.05) is 28.1 Å². The van der Waals surface area contributed by atoms with Crippen molar-refractivity contribution in [3.63, 3.8) is 0 Å². The molecule has 0 radical (unpaired) electrons. The van der Waals surface area contributed by atoms with Crippen molar-refractivity contribution in [1.82, 2.24) is 14.9 Å². The number of aryl methyl sites for hydroxylation is 1. The third-order valence-electron chi connectivity index (χ3n) is 5.21. The lowest BCUT2D eigenvalue weighted by molar-refractivity contribution is -0.00752. The third-order valence-corrected chi connectivity index (χ3v) is 6.94. The molecule has 4 aromatic rings. The number of anilines is 2. The van der Waals surface area contributed by atoms with Crippen molar-refractivity contribution in [2.24, 2.45) is 0 Å². The average Bonchev–Trinajstić information content (AvgIpc) is 2.79. The number of fused-ring (bicyclic) bond motifs is 1. The van der Waals surface area contributed by atoms with Gasteiger partial charge < -0.3 is 20.6 Å². The van der Waals surface area contributed by atoms with Gasteiger partial charge in [0.2, 0.25) is 10.0 Å². The minimum Gasteiger partial charge on any atom is -0.508 e. The Hall–Kier alpha value is -3.57. The molecule has 0 fully saturated rings. The molecule has 1 unspecified atom stereocenters. The van der Waals surface area contributed by atoms with E-state index in [4.69, 9.17) is 0 Å². The number of hydrogen-bond acceptors (Lipinski definition) is 8. The van der Waals surface area contributed by atoms with E-state index in [2.05, 4.69) is 20.2 Å². The van der Waals surface area contributed by atoms with Crippen LogP contribution >= 0.6 is 0 Å². The SMILES string of the molecule is C.Cc1ccc(-c2nnc(Nc3cccc(O)c3)c3ccccc23)cc1S(=O)(=O)NC(C)(O)CO. The van der Waals surface area contributed by atoms with Gasteiger partial charge >= 0.3 is 0 Å². The highest BCUT2D eigenvalue weighted by Crippen LogP contribution is 2.33. The Labute approximate surface area is 204 Å². The number of nitrogens with zero attached hydrogens (tertiary/aromatic N) is 2. The Morgan fingerprint density at radius 2 is 1.69 bits per heavy atom. The summed E-state index contributed by atoms with van der Waals surface area (Å²) in [5.41, 5.74) is 0.0828. The Morgan fingerprint density at radius 3 is 2.37 bits per heavy atom. The zero-order valence-electron chi connectivity index (χ0n) is 18.5. The summed E-state index contributed by atoms with van der Waals surface area (Å²) in [7, 11) is -4.14. The summed E-state index contributed by atoms with van der Waals surface area (Å²) in [6, 6.07) is 18.9. The normalized spacial score (nSPS) is 13.1. The average molecular weight is 497 g/mol. The van der Waals surface area contributed by atoms with Crippen molar-refractivity contribution >= 4 is 32.3 Å². The molecule has 0 aliphatic rings. The van der Waals surface area contributed by atoms with E-state index in [1.165, 1.54) is 13.0 Å². The maximum absolute atomic E-state index is 12.9. The number of phenols is 1. The van der Waals surface area contributed by atoms with Crippen LogP contribution in [-0.4, -0.2) is 46.3 Å². The van der Waals surface area contributed by atoms with E-state index in [9.17, 15) is 23.7 Å². The van der Waals surface area contributed by atoms with Gasteiger partial charge in [-0.1, -0.05) is 49.9 Å². The largest absolute Gasteiger partial charge is 0.508 e. The van der Waals surface area contributed by atoms with Crippen LogP contribution in [0.3, 0.4) is 0 Å². The molecule has 10 heteroatoms. The van der Waals surface area contributed by atoms with E-state index in [1.807, 2.05) is 24.3 Å². The molecule has 5 N–H and O–H groups in total. The Balaban J connectivity index is 0.00000342. The number of sulfonamides is 1. The van der Waals surface area contributed by atoms with E-state index in [1.54, 1.807) is 43.3 Å². The molecule has 0 saturated carbocycles. The molecule has 0 amide bonds. The Morgan fingerprint density at radius 1 is 0.971 bits per heavy atom. The van der Waals surface area contributed by atoms with Crippen LogP contribution < -0.4 is 10.0 Å². The summed E-state index contributed by atoms with van der Waals surface area (Å²) >= 11 is 0. The van der Waals surface area contributed by atoms with E-state index >= 15 is 0 Å².